The van der Waals surface area contributed by atoms with Gasteiger partial charge in [0.05, 0.1) is 19.6 Å². The van der Waals surface area contributed by atoms with E-state index in [0.29, 0.717) is 19.5 Å². The van der Waals surface area contributed by atoms with Crippen LogP contribution in [0.3, 0.4) is 0 Å². The Morgan fingerprint density at radius 3 is 2.19 bits per heavy atom. The molecular formula is C24H40N2O6. The Balaban J connectivity index is 3.07. The summed E-state index contributed by atoms with van der Waals surface area (Å²) < 4.78 is 5.29. The lowest BCUT2D eigenvalue weighted by molar-refractivity contribution is -0.139. The first-order valence-corrected chi connectivity index (χ1v) is 11.0. The molecule has 8 nitrogen and oxygen atoms in total. The van der Waals surface area contributed by atoms with E-state index in [2.05, 4.69) is 5.32 Å². The molecule has 0 saturated heterocycles. The van der Waals surface area contributed by atoms with Crippen LogP contribution < -0.4 is 10.2 Å². The summed E-state index contributed by atoms with van der Waals surface area (Å²) in [6, 6.07) is 5.98. The Morgan fingerprint density at radius 1 is 1.09 bits per heavy atom. The lowest BCUT2D eigenvalue weighted by atomic mass is 9.72. The van der Waals surface area contributed by atoms with Crippen molar-refractivity contribution in [3.8, 4) is 0 Å². The molecule has 182 valence electrons. The number of rotatable bonds is 12. The minimum absolute atomic E-state index is 0.0221. The van der Waals surface area contributed by atoms with Gasteiger partial charge in [-0.15, -0.1) is 0 Å². The van der Waals surface area contributed by atoms with Gasteiger partial charge in [-0.3, -0.25) is 4.79 Å². The number of aliphatic carboxylic acids is 1. The first-order valence-electron chi connectivity index (χ1n) is 11.0. The number of carbonyl (C=O) groups is 2. The SMILES string of the molecule is Cc1ccc(N(CCO)CCO)cc1CC(C)(C)C(CNC(=O)OC(C)(C)C)CC(=O)O. The highest BCUT2D eigenvalue weighted by molar-refractivity contribution is 5.69. The highest BCUT2D eigenvalue weighted by Gasteiger charge is 2.33. The minimum atomic E-state index is -0.920. The number of aliphatic hydroxyl groups excluding tert-OH is 2. The second-order valence-electron chi connectivity index (χ2n) is 9.89. The zero-order chi connectivity index (χ0) is 24.5. The molecule has 0 aliphatic rings. The van der Waals surface area contributed by atoms with Gasteiger partial charge in [-0.2, -0.15) is 0 Å². The van der Waals surface area contributed by atoms with E-state index < -0.39 is 23.1 Å². The van der Waals surface area contributed by atoms with Crippen molar-refractivity contribution in [3.63, 3.8) is 0 Å². The fourth-order valence-electron chi connectivity index (χ4n) is 3.65. The maximum absolute atomic E-state index is 12.1. The third-order valence-electron chi connectivity index (χ3n) is 5.50. The number of carboxylic acids is 1. The molecule has 1 amide bonds. The predicted octanol–water partition coefficient (Wildman–Crippen LogP) is 2.97. The van der Waals surface area contributed by atoms with Crippen LogP contribution in [0.2, 0.25) is 0 Å². The van der Waals surface area contributed by atoms with Crippen LogP contribution in [0.5, 0.6) is 0 Å². The van der Waals surface area contributed by atoms with Crippen molar-refractivity contribution in [2.75, 3.05) is 37.7 Å². The number of amides is 1. The fourth-order valence-corrected chi connectivity index (χ4v) is 3.65. The number of nitrogens with one attached hydrogen (secondary N) is 1. The quantitative estimate of drug-likeness (QED) is 0.385. The maximum Gasteiger partial charge on any atom is 0.407 e. The van der Waals surface area contributed by atoms with E-state index in [1.807, 2.05) is 43.9 Å². The average Bonchev–Trinajstić information content (AvgIpc) is 2.65. The van der Waals surface area contributed by atoms with Crippen LogP contribution in [-0.2, 0) is 16.0 Å². The highest BCUT2D eigenvalue weighted by Crippen LogP contribution is 2.35. The number of alkyl carbamates (subject to hydrolysis) is 1. The molecule has 0 heterocycles. The van der Waals surface area contributed by atoms with Crippen LogP contribution in [0.15, 0.2) is 18.2 Å². The van der Waals surface area contributed by atoms with Crippen molar-refractivity contribution in [2.45, 2.75) is 60.0 Å². The van der Waals surface area contributed by atoms with Crippen molar-refractivity contribution in [1.82, 2.24) is 5.32 Å². The molecular weight excluding hydrogens is 412 g/mol. The first kappa shape index (κ1) is 27.7. The van der Waals surface area contributed by atoms with Gasteiger partial charge in [-0.1, -0.05) is 19.9 Å². The van der Waals surface area contributed by atoms with Gasteiger partial charge in [0.2, 0.25) is 0 Å². The number of aryl methyl sites for hydroxylation is 1. The maximum atomic E-state index is 12.1. The van der Waals surface area contributed by atoms with Crippen LogP contribution in [0.25, 0.3) is 0 Å². The molecule has 1 rings (SSSR count). The molecule has 0 aliphatic heterocycles. The molecule has 8 heteroatoms. The van der Waals surface area contributed by atoms with Gasteiger partial charge < -0.3 is 30.3 Å². The standard InChI is InChI=1S/C24H40N2O6/c1-17-7-8-20(26(9-11-27)10-12-28)13-18(17)15-24(5,6)19(14-21(29)30)16-25-22(31)32-23(2,3)4/h7-8,13,19,27-28H,9-12,14-16H2,1-6H3,(H,25,31)(H,29,30). The number of nitrogens with zero attached hydrogens (tertiary/aromatic N) is 1. The third kappa shape index (κ3) is 9.44. The summed E-state index contributed by atoms with van der Waals surface area (Å²) >= 11 is 0. The van der Waals surface area contributed by atoms with Gasteiger partial charge in [-0.25, -0.2) is 4.79 Å². The molecule has 1 unspecified atom stereocenters. The van der Waals surface area contributed by atoms with E-state index in [-0.39, 0.29) is 32.1 Å². The molecule has 0 aliphatic carbocycles. The average molecular weight is 453 g/mol. The lowest BCUT2D eigenvalue weighted by Gasteiger charge is -2.35. The molecule has 0 saturated carbocycles. The molecule has 0 fully saturated rings. The molecule has 32 heavy (non-hydrogen) atoms. The topological polar surface area (TPSA) is 119 Å². The summed E-state index contributed by atoms with van der Waals surface area (Å²) in [5.74, 6) is -1.24. The number of ether oxygens (including phenoxy) is 1. The number of carbonyl (C=O) groups excluding carboxylic acids is 1. The largest absolute Gasteiger partial charge is 0.481 e. The van der Waals surface area contributed by atoms with Gasteiger partial charge in [0.25, 0.3) is 0 Å². The zero-order valence-electron chi connectivity index (χ0n) is 20.3. The Bertz CT molecular complexity index is 751. The molecule has 1 atom stereocenters. The first-order chi connectivity index (χ1) is 14.8. The number of hydrogen-bond donors (Lipinski definition) is 4. The van der Waals surface area contributed by atoms with Crippen molar-refractivity contribution >= 4 is 17.7 Å². The van der Waals surface area contributed by atoms with Crippen molar-refractivity contribution in [3.05, 3.63) is 29.3 Å². The van der Waals surface area contributed by atoms with Gasteiger partial charge in [0, 0.05) is 25.3 Å². The highest BCUT2D eigenvalue weighted by atomic mass is 16.6. The zero-order valence-corrected chi connectivity index (χ0v) is 20.3. The molecule has 0 radical (unpaired) electrons. The molecule has 1 aromatic rings. The molecule has 0 spiro atoms. The van der Waals surface area contributed by atoms with Gasteiger partial charge >= 0.3 is 12.1 Å². The van der Waals surface area contributed by atoms with Gasteiger partial charge in [-0.05, 0) is 68.7 Å². The lowest BCUT2D eigenvalue weighted by Crippen LogP contribution is -2.41. The summed E-state index contributed by atoms with van der Waals surface area (Å²) in [5.41, 5.74) is 1.96. The summed E-state index contributed by atoms with van der Waals surface area (Å²) in [6.07, 6.45) is -0.0411. The number of aliphatic hydroxyl groups is 2. The van der Waals surface area contributed by atoms with Gasteiger partial charge in [0.1, 0.15) is 5.60 Å². The summed E-state index contributed by atoms with van der Waals surface area (Å²) in [5, 5.41) is 30.9. The fraction of sp³-hybridized carbons (Fsp3) is 0.667. The summed E-state index contributed by atoms with van der Waals surface area (Å²) in [6.45, 7) is 12.3. The van der Waals surface area contributed by atoms with E-state index in [9.17, 15) is 24.9 Å². The summed E-state index contributed by atoms with van der Waals surface area (Å²) in [7, 11) is 0. The second-order valence-corrected chi connectivity index (χ2v) is 9.89. The third-order valence-corrected chi connectivity index (χ3v) is 5.50. The van der Waals surface area contributed by atoms with Crippen molar-refractivity contribution in [1.29, 1.82) is 0 Å². The van der Waals surface area contributed by atoms with Crippen LogP contribution >= 0.6 is 0 Å². The number of carboxylic acid groups (broad SMARTS) is 1. The normalized spacial score (nSPS) is 12.9. The molecule has 1 aromatic carbocycles. The Kier molecular flexibility index (Phi) is 10.4. The van der Waals surface area contributed by atoms with Gasteiger partial charge in [0.15, 0.2) is 0 Å². The smallest absolute Gasteiger partial charge is 0.407 e. The van der Waals surface area contributed by atoms with E-state index >= 15 is 0 Å². The van der Waals surface area contributed by atoms with Crippen LogP contribution in [0, 0.1) is 18.3 Å². The number of anilines is 1. The second kappa shape index (κ2) is 12.1. The van der Waals surface area contributed by atoms with Crippen molar-refractivity contribution in [2.24, 2.45) is 11.3 Å². The monoisotopic (exact) mass is 452 g/mol. The Labute approximate surface area is 191 Å². The van der Waals surface area contributed by atoms with E-state index in [1.165, 1.54) is 0 Å². The van der Waals surface area contributed by atoms with E-state index in [4.69, 9.17) is 4.74 Å². The van der Waals surface area contributed by atoms with Crippen molar-refractivity contribution < 1.29 is 29.6 Å². The van der Waals surface area contributed by atoms with Crippen LogP contribution in [0.1, 0.15) is 52.2 Å². The number of hydrogen-bond acceptors (Lipinski definition) is 6. The van der Waals surface area contributed by atoms with E-state index in [0.717, 1.165) is 16.8 Å². The predicted molar refractivity (Wildman–Crippen MR) is 125 cm³/mol. The Hall–Kier alpha value is -2.32. The minimum Gasteiger partial charge on any atom is -0.481 e. The molecule has 0 aromatic heterocycles. The molecule has 0 bridgehead atoms. The van der Waals surface area contributed by atoms with Crippen LogP contribution in [0.4, 0.5) is 10.5 Å². The molecule has 4 N–H and O–H groups in total. The number of benzene rings is 1. The van der Waals surface area contributed by atoms with E-state index in [1.54, 1.807) is 20.8 Å². The summed E-state index contributed by atoms with van der Waals surface area (Å²) in [4.78, 5) is 25.6. The Morgan fingerprint density at radius 2 is 1.69 bits per heavy atom. The van der Waals surface area contributed by atoms with Crippen LogP contribution in [-0.4, -0.2) is 65.8 Å².